The third-order valence-electron chi connectivity index (χ3n) is 2.63. The third-order valence-corrected chi connectivity index (χ3v) is 3.45. The molecule has 1 heterocycles. The molecule has 2 aromatic rings. The summed E-state index contributed by atoms with van der Waals surface area (Å²) in [4.78, 5) is 0. The second-order valence-corrected chi connectivity index (χ2v) is 5.59. The van der Waals surface area contributed by atoms with Crippen molar-refractivity contribution < 1.29 is 4.52 Å². The van der Waals surface area contributed by atoms with E-state index in [1.165, 1.54) is 0 Å². The van der Waals surface area contributed by atoms with Crippen molar-refractivity contribution in [1.82, 2.24) is 10.5 Å². The van der Waals surface area contributed by atoms with E-state index in [9.17, 15) is 0 Å². The number of benzene rings is 1. The first kappa shape index (κ1) is 14.4. The van der Waals surface area contributed by atoms with Gasteiger partial charge in [0.1, 0.15) is 0 Å². The highest BCUT2D eigenvalue weighted by Crippen LogP contribution is 2.33. The Bertz CT molecular complexity index is 552. The molecule has 19 heavy (non-hydrogen) atoms. The van der Waals surface area contributed by atoms with Crippen molar-refractivity contribution in [3.05, 3.63) is 40.0 Å². The van der Waals surface area contributed by atoms with Gasteiger partial charge < -0.3 is 9.84 Å². The topological polar surface area (TPSA) is 38.1 Å². The number of nitrogens with zero attached hydrogens (tertiary/aromatic N) is 1. The van der Waals surface area contributed by atoms with Gasteiger partial charge in [0.05, 0.1) is 15.7 Å². The molecule has 0 aliphatic heterocycles. The number of rotatable bonds is 5. The predicted molar refractivity (Wildman–Crippen MR) is 78.5 cm³/mol. The van der Waals surface area contributed by atoms with Gasteiger partial charge in [-0.25, -0.2) is 0 Å². The summed E-state index contributed by atoms with van der Waals surface area (Å²) >= 11 is 12.1. The van der Waals surface area contributed by atoms with Crippen molar-refractivity contribution in [2.45, 2.75) is 20.4 Å². The van der Waals surface area contributed by atoms with E-state index in [0.717, 1.165) is 17.8 Å². The van der Waals surface area contributed by atoms with Gasteiger partial charge >= 0.3 is 0 Å². The fraction of sp³-hybridized carbons (Fsp3) is 0.357. The lowest BCUT2D eigenvalue weighted by molar-refractivity contribution is 0.418. The van der Waals surface area contributed by atoms with Gasteiger partial charge in [0.2, 0.25) is 0 Å². The minimum atomic E-state index is 0.488. The summed E-state index contributed by atoms with van der Waals surface area (Å²) in [5.41, 5.74) is 1.61. The van der Waals surface area contributed by atoms with Gasteiger partial charge in [0.25, 0.3) is 0 Å². The van der Waals surface area contributed by atoms with Crippen molar-refractivity contribution in [1.29, 1.82) is 0 Å². The molecule has 0 saturated heterocycles. The number of hydrogen-bond donors (Lipinski definition) is 1. The molecule has 0 atom stereocenters. The van der Waals surface area contributed by atoms with Gasteiger partial charge in [-0.15, -0.1) is 0 Å². The van der Waals surface area contributed by atoms with Crippen molar-refractivity contribution in [2.24, 2.45) is 5.92 Å². The molecule has 0 fully saturated rings. The lowest BCUT2D eigenvalue weighted by Gasteiger charge is -2.04. The van der Waals surface area contributed by atoms with Crippen molar-refractivity contribution >= 4 is 23.2 Å². The van der Waals surface area contributed by atoms with Crippen LogP contribution in [0.15, 0.2) is 28.8 Å². The number of halogens is 2. The fourth-order valence-electron chi connectivity index (χ4n) is 1.71. The van der Waals surface area contributed by atoms with Gasteiger partial charge in [-0.2, -0.15) is 0 Å². The molecule has 1 aromatic carbocycles. The SMILES string of the molecule is CC(C)CNCc1cc(-c2cccc(Cl)c2Cl)on1. The Morgan fingerprint density at radius 3 is 2.84 bits per heavy atom. The van der Waals surface area contributed by atoms with Crippen molar-refractivity contribution in [3.63, 3.8) is 0 Å². The lowest BCUT2D eigenvalue weighted by atomic mass is 10.1. The summed E-state index contributed by atoms with van der Waals surface area (Å²) in [5, 5.41) is 8.33. The molecule has 0 spiro atoms. The van der Waals surface area contributed by atoms with E-state index in [2.05, 4.69) is 24.3 Å². The molecular weight excluding hydrogens is 283 g/mol. The standard InChI is InChI=1S/C14H16Cl2N2O/c1-9(2)7-17-8-10-6-13(19-18-10)11-4-3-5-12(15)14(11)16/h3-6,9,17H,7-8H2,1-2H3. The van der Waals surface area contributed by atoms with Crippen LogP contribution in [0.4, 0.5) is 0 Å². The van der Waals surface area contributed by atoms with Gasteiger partial charge in [-0.1, -0.05) is 48.3 Å². The average molecular weight is 299 g/mol. The molecule has 0 saturated carbocycles. The Kier molecular flexibility index (Phi) is 4.86. The quantitative estimate of drug-likeness (QED) is 0.889. The lowest BCUT2D eigenvalue weighted by Crippen LogP contribution is -2.18. The van der Waals surface area contributed by atoms with E-state index in [1.54, 1.807) is 6.07 Å². The number of aromatic nitrogens is 1. The zero-order valence-corrected chi connectivity index (χ0v) is 12.4. The van der Waals surface area contributed by atoms with E-state index in [4.69, 9.17) is 27.7 Å². The zero-order valence-electron chi connectivity index (χ0n) is 10.9. The Labute approximate surface area is 122 Å². The van der Waals surface area contributed by atoms with Crippen LogP contribution in [0, 0.1) is 5.92 Å². The van der Waals surface area contributed by atoms with Crippen LogP contribution in [-0.2, 0) is 6.54 Å². The second-order valence-electron chi connectivity index (χ2n) is 4.81. The highest BCUT2D eigenvalue weighted by atomic mass is 35.5. The van der Waals surface area contributed by atoms with E-state index in [-0.39, 0.29) is 0 Å². The van der Waals surface area contributed by atoms with E-state index in [0.29, 0.717) is 28.3 Å². The summed E-state index contributed by atoms with van der Waals surface area (Å²) in [5.74, 6) is 1.24. The molecule has 0 bridgehead atoms. The van der Waals surface area contributed by atoms with Crippen molar-refractivity contribution in [2.75, 3.05) is 6.54 Å². The van der Waals surface area contributed by atoms with Gasteiger partial charge in [0.15, 0.2) is 5.76 Å². The van der Waals surface area contributed by atoms with E-state index >= 15 is 0 Å². The van der Waals surface area contributed by atoms with E-state index in [1.807, 2.05) is 18.2 Å². The number of hydrogen-bond acceptors (Lipinski definition) is 3. The predicted octanol–water partition coefficient (Wildman–Crippen LogP) is 4.39. The monoisotopic (exact) mass is 298 g/mol. The molecule has 0 aliphatic rings. The zero-order chi connectivity index (χ0) is 13.8. The van der Waals surface area contributed by atoms with Gasteiger partial charge in [0, 0.05) is 18.2 Å². The minimum Gasteiger partial charge on any atom is -0.356 e. The molecule has 0 unspecified atom stereocenters. The molecule has 2 rings (SSSR count). The molecule has 0 amide bonds. The Hall–Kier alpha value is -1.03. The smallest absolute Gasteiger partial charge is 0.168 e. The molecule has 102 valence electrons. The highest BCUT2D eigenvalue weighted by Gasteiger charge is 2.12. The summed E-state index contributed by atoms with van der Waals surface area (Å²) < 4.78 is 5.31. The van der Waals surface area contributed by atoms with Gasteiger partial charge in [-0.05, 0) is 24.6 Å². The first-order valence-corrected chi connectivity index (χ1v) is 6.94. The Morgan fingerprint density at radius 1 is 1.32 bits per heavy atom. The molecule has 0 radical (unpaired) electrons. The molecule has 0 aliphatic carbocycles. The first-order valence-electron chi connectivity index (χ1n) is 6.18. The summed E-state index contributed by atoms with van der Waals surface area (Å²) in [6, 6.07) is 7.32. The van der Waals surface area contributed by atoms with Crippen molar-refractivity contribution in [3.8, 4) is 11.3 Å². The van der Waals surface area contributed by atoms with Crippen LogP contribution in [-0.4, -0.2) is 11.7 Å². The highest BCUT2D eigenvalue weighted by molar-refractivity contribution is 6.43. The molecule has 1 aromatic heterocycles. The second kappa shape index (κ2) is 6.42. The maximum atomic E-state index is 6.15. The molecular formula is C14H16Cl2N2O. The van der Waals surface area contributed by atoms with Gasteiger partial charge in [-0.3, -0.25) is 0 Å². The summed E-state index contributed by atoms with van der Waals surface area (Å²) in [6.07, 6.45) is 0. The van der Waals surface area contributed by atoms with Crippen LogP contribution in [0.3, 0.4) is 0 Å². The summed E-state index contributed by atoms with van der Waals surface area (Å²) in [7, 11) is 0. The Morgan fingerprint density at radius 2 is 2.11 bits per heavy atom. The summed E-state index contributed by atoms with van der Waals surface area (Å²) in [6.45, 7) is 5.94. The van der Waals surface area contributed by atoms with Crippen LogP contribution in [0.5, 0.6) is 0 Å². The molecule has 5 heteroatoms. The molecule has 3 nitrogen and oxygen atoms in total. The Balaban J connectivity index is 2.10. The van der Waals surface area contributed by atoms with Crippen LogP contribution in [0.2, 0.25) is 10.0 Å². The largest absolute Gasteiger partial charge is 0.356 e. The van der Waals surface area contributed by atoms with E-state index < -0.39 is 0 Å². The normalized spacial score (nSPS) is 11.2. The molecule has 1 N–H and O–H groups in total. The maximum Gasteiger partial charge on any atom is 0.168 e. The maximum absolute atomic E-state index is 6.15. The minimum absolute atomic E-state index is 0.488. The average Bonchev–Trinajstić information content (AvgIpc) is 2.81. The van der Waals surface area contributed by atoms with Crippen LogP contribution >= 0.6 is 23.2 Å². The van der Waals surface area contributed by atoms with Crippen LogP contribution in [0.25, 0.3) is 11.3 Å². The number of nitrogens with one attached hydrogen (secondary N) is 1. The van der Waals surface area contributed by atoms with Crippen LogP contribution in [0.1, 0.15) is 19.5 Å². The first-order chi connectivity index (χ1) is 9.08. The van der Waals surface area contributed by atoms with Crippen LogP contribution < -0.4 is 5.32 Å². The fourth-order valence-corrected chi connectivity index (χ4v) is 2.10. The third kappa shape index (κ3) is 3.72.